The molecule has 2 aromatic carbocycles. The minimum Gasteiger partial charge on any atom is -0.323 e. The van der Waals surface area contributed by atoms with E-state index in [1.807, 2.05) is 19.1 Å². The molecule has 89 heavy (non-hydrogen) atoms. The predicted octanol–water partition coefficient (Wildman–Crippen LogP) is 10.2. The number of piperidine rings is 2. The number of aryl methyl sites for hydroxylation is 2. The second-order valence-electron chi connectivity index (χ2n) is 25.4. The molecule has 0 bridgehead atoms. The Labute approximate surface area is 523 Å². The molecule has 20 nitrogen and oxygen atoms in total. The van der Waals surface area contributed by atoms with Crippen LogP contribution < -0.4 is 31.1 Å². The summed E-state index contributed by atoms with van der Waals surface area (Å²) < 4.78 is 129. The van der Waals surface area contributed by atoms with Gasteiger partial charge in [-0.25, -0.2) is 36.2 Å². The van der Waals surface area contributed by atoms with E-state index in [0.29, 0.717) is 98.4 Å². The van der Waals surface area contributed by atoms with Gasteiger partial charge in [0, 0.05) is 66.1 Å². The van der Waals surface area contributed by atoms with Gasteiger partial charge >= 0.3 is 24.4 Å². The molecule has 6 aliphatic heterocycles. The number of aliphatic imine (C=N–C) groups is 2. The first kappa shape index (κ1) is 68.9. The highest BCUT2D eigenvalue weighted by molar-refractivity contribution is 9.10. The molecule has 0 radical (unpaired) electrons. The zero-order valence-electron chi connectivity index (χ0n) is 50.6. The number of amides is 8. The number of imide groups is 2. The summed E-state index contributed by atoms with van der Waals surface area (Å²) in [5.41, 5.74) is -0.553. The summed E-state index contributed by atoms with van der Waals surface area (Å²) in [6.45, 7) is 14.3. The van der Waals surface area contributed by atoms with Gasteiger partial charge in [0.2, 0.25) is 20.0 Å². The number of nitrogens with zero attached hydrogens (tertiary/aromatic N) is 6. The van der Waals surface area contributed by atoms with Crippen molar-refractivity contribution in [1.82, 2.24) is 29.9 Å². The van der Waals surface area contributed by atoms with Crippen LogP contribution in [-0.4, -0.2) is 133 Å². The molecular weight excluding hydrogens is 1280 g/mol. The van der Waals surface area contributed by atoms with Crippen LogP contribution in [0.1, 0.15) is 147 Å². The molecule has 0 unspecified atom stereocenters. The molecule has 10 rings (SSSR count). The third kappa shape index (κ3) is 16.0. The van der Waals surface area contributed by atoms with Gasteiger partial charge in [-0.05, 0) is 196 Å². The van der Waals surface area contributed by atoms with Crippen LogP contribution in [0.3, 0.4) is 0 Å². The van der Waals surface area contributed by atoms with Crippen LogP contribution in [0.5, 0.6) is 0 Å². The second-order valence-corrected chi connectivity index (χ2v) is 30.0. The van der Waals surface area contributed by atoms with Crippen LogP contribution in [0.2, 0.25) is 0 Å². The largest absolute Gasteiger partial charge is 0.389 e. The van der Waals surface area contributed by atoms with Crippen LogP contribution >= 0.6 is 15.9 Å². The number of rotatable bonds is 13. The van der Waals surface area contributed by atoms with Crippen molar-refractivity contribution in [2.75, 3.05) is 36.0 Å². The lowest BCUT2D eigenvalue weighted by atomic mass is 9.79. The maximum atomic E-state index is 13.2. The summed E-state index contributed by atoms with van der Waals surface area (Å²) in [5, 5.41) is 13.1. The lowest BCUT2D eigenvalue weighted by Gasteiger charge is -2.34. The van der Waals surface area contributed by atoms with Crippen molar-refractivity contribution in [3.8, 4) is 0 Å². The molecule has 2 saturated carbocycles. The molecular formula is C60H77BrF6N10O10S2. The maximum Gasteiger partial charge on any atom is 0.389 e. The van der Waals surface area contributed by atoms with E-state index in [0.717, 1.165) is 25.8 Å². The number of urea groups is 2. The van der Waals surface area contributed by atoms with Gasteiger partial charge < -0.3 is 21.3 Å². The van der Waals surface area contributed by atoms with Crippen LogP contribution in [-0.2, 0) is 39.2 Å². The number of amidine groups is 2. The molecule has 8 aliphatic rings. The van der Waals surface area contributed by atoms with Crippen molar-refractivity contribution in [2.24, 2.45) is 33.7 Å². The highest BCUT2D eigenvalue weighted by atomic mass is 79.9. The lowest BCUT2D eigenvalue weighted by molar-refractivity contribution is -0.139. The third-order valence-corrected chi connectivity index (χ3v) is 22.2. The van der Waals surface area contributed by atoms with Crippen LogP contribution in [0.25, 0.3) is 6.08 Å². The number of halogens is 7. The van der Waals surface area contributed by atoms with E-state index in [2.05, 4.69) is 48.8 Å². The zero-order chi connectivity index (χ0) is 65.5. The van der Waals surface area contributed by atoms with Gasteiger partial charge in [0.25, 0.3) is 23.6 Å². The van der Waals surface area contributed by atoms with E-state index in [-0.39, 0.29) is 105 Å². The Kier molecular flexibility index (Phi) is 20.3. The highest BCUT2D eigenvalue weighted by Crippen LogP contribution is 2.41. The fourth-order valence-corrected chi connectivity index (χ4v) is 15.0. The Hall–Kier alpha value is -6.04. The number of alkyl halides is 6. The Morgan fingerprint density at radius 2 is 0.978 bits per heavy atom. The molecule has 6 heterocycles. The third-order valence-electron chi connectivity index (χ3n) is 18.2. The van der Waals surface area contributed by atoms with Gasteiger partial charge in [-0.3, -0.25) is 29.2 Å². The minimum absolute atomic E-state index is 0.00996. The molecule has 2 spiro atoms. The fraction of sp³-hybridized carbons (Fsp3) is 0.600. The zero-order valence-corrected chi connectivity index (χ0v) is 53.8. The molecule has 6 fully saturated rings. The molecule has 4 saturated heterocycles. The fourth-order valence-electron chi connectivity index (χ4n) is 12.6. The topological polar surface area (TPSA) is 256 Å². The van der Waals surface area contributed by atoms with Crippen molar-refractivity contribution < 1.29 is 71.9 Å². The monoisotopic (exact) mass is 1350 g/mol. The van der Waals surface area contributed by atoms with Crippen LogP contribution in [0.15, 0.2) is 68.3 Å². The number of carbonyl (C=O) groups excluding carboxylic acids is 6. The normalized spacial score (nSPS) is 25.4. The molecule has 2 aliphatic carbocycles. The lowest BCUT2D eigenvalue weighted by Crippen LogP contribution is -2.50. The summed E-state index contributed by atoms with van der Waals surface area (Å²) in [7, 11) is -7.32. The Balaban J connectivity index is 0.000000193. The Bertz CT molecular complexity index is 3430. The van der Waals surface area contributed by atoms with E-state index < -0.39 is 73.4 Å². The Morgan fingerprint density at radius 3 is 1.33 bits per heavy atom. The molecule has 488 valence electrons. The minimum atomic E-state index is -4.15. The summed E-state index contributed by atoms with van der Waals surface area (Å²) in [6.07, 6.45) is -1.44. The highest BCUT2D eigenvalue weighted by Gasteiger charge is 2.51. The first-order chi connectivity index (χ1) is 41.4. The molecule has 0 aromatic heterocycles. The average Bonchev–Trinajstić information content (AvgIpc) is 2.48. The molecule has 8 amide bonds. The summed E-state index contributed by atoms with van der Waals surface area (Å²) in [6, 6.07) is 9.38. The number of benzene rings is 2. The first-order valence-electron chi connectivity index (χ1n) is 29.8. The van der Waals surface area contributed by atoms with E-state index in [1.54, 1.807) is 58.9 Å². The van der Waals surface area contributed by atoms with Crippen molar-refractivity contribution in [3.63, 3.8) is 0 Å². The van der Waals surface area contributed by atoms with E-state index in [9.17, 15) is 71.9 Å². The standard InChI is InChI=1S/C30H38F3N5O5S.C18H26F3N3O3S.C12H13BrN2O2/c1-19-18-23(38-26(40)28(2,3)36-27(38)41)9-8-21(19)11-17-44(42,43)37-15-13-29(14-16-37)25(39)34-24(35-29)22-6-4-20(5-7-22)10-12-30(31,32)33;1-2-28(26,27)24-11-9-17(10-12-24)16(25)22-15(23-17)14-5-3-13(4-6-14)7-8-18(19,20)21;1-7-6-8(4-5-9(7)13)15-10(16)12(2,3)14-11(15)17/h8-9,11,17-18,20,22H,4-7,10,12-16H2,1-3H3,(H,36,41)(H,34,35,39);2,13-14H,1,3-12H2,(H,22,23,25);4-6H,1-3H3,(H,14,17)/b17-11+;;. The van der Waals surface area contributed by atoms with Gasteiger partial charge in [0.15, 0.2) is 0 Å². The average molecular weight is 1360 g/mol. The smallest absolute Gasteiger partial charge is 0.323 e. The number of hydrogen-bond donors (Lipinski definition) is 4. The van der Waals surface area contributed by atoms with Crippen LogP contribution in [0, 0.1) is 37.5 Å². The van der Waals surface area contributed by atoms with Crippen molar-refractivity contribution in [1.29, 1.82) is 0 Å². The first-order valence-corrected chi connectivity index (χ1v) is 33.6. The number of anilines is 2. The van der Waals surface area contributed by atoms with Gasteiger partial charge in [-0.1, -0.05) is 28.6 Å². The van der Waals surface area contributed by atoms with Crippen molar-refractivity contribution in [2.45, 2.75) is 179 Å². The summed E-state index contributed by atoms with van der Waals surface area (Å²) >= 11 is 3.39. The molecule has 2 aromatic rings. The summed E-state index contributed by atoms with van der Waals surface area (Å²) in [4.78, 5) is 86.0. The molecule has 0 atom stereocenters. The van der Waals surface area contributed by atoms with Gasteiger partial charge in [-0.2, -0.15) is 35.0 Å². The number of nitrogens with one attached hydrogen (secondary N) is 4. The second kappa shape index (κ2) is 26.3. The SMILES string of the molecule is C=CS(=O)(=O)N1CCC2(CC1)N=C(C1CCC(CCC(F)(F)F)CC1)NC2=O.Cc1cc(N2C(=O)NC(C)(C)C2=O)ccc1/C=C/S(=O)(=O)N1CCC2(CC1)N=C(C1CCC(CCC(F)(F)F)CC1)NC2=O.Cc1cc(N2C(=O)NC(C)(C)C2=O)ccc1Br. The molecule has 4 N–H and O–H groups in total. The predicted molar refractivity (Wildman–Crippen MR) is 327 cm³/mol. The van der Waals surface area contributed by atoms with Crippen LogP contribution in [0.4, 0.5) is 47.3 Å². The van der Waals surface area contributed by atoms with Gasteiger partial charge in [0.05, 0.1) is 11.4 Å². The quantitative estimate of drug-likeness (QED) is 0.109. The van der Waals surface area contributed by atoms with E-state index in [1.165, 1.54) is 19.6 Å². The number of carbonyl (C=O) groups is 6. The molecule has 29 heteroatoms. The van der Waals surface area contributed by atoms with Gasteiger partial charge in [0.1, 0.15) is 33.8 Å². The number of hydrogen-bond acceptors (Lipinski definition) is 12. The summed E-state index contributed by atoms with van der Waals surface area (Å²) in [5.74, 6) is 0.281. The van der Waals surface area contributed by atoms with E-state index in [4.69, 9.17) is 4.99 Å². The Morgan fingerprint density at radius 1 is 0.596 bits per heavy atom. The maximum absolute atomic E-state index is 13.2. The van der Waals surface area contributed by atoms with E-state index >= 15 is 0 Å². The van der Waals surface area contributed by atoms with Crippen molar-refractivity contribution in [3.05, 3.63) is 75.0 Å². The number of sulfonamides is 2. The van der Waals surface area contributed by atoms with Crippen molar-refractivity contribution >= 4 is 101 Å². The van der Waals surface area contributed by atoms with Gasteiger partial charge in [-0.15, -0.1) is 0 Å².